The minimum absolute atomic E-state index is 0.518. The van der Waals surface area contributed by atoms with Crippen LogP contribution in [0.3, 0.4) is 0 Å². The second-order valence-corrected chi connectivity index (χ2v) is 12.0. The molecule has 34 heavy (non-hydrogen) atoms. The Hall–Kier alpha value is -0.930. The normalized spacial score (nSPS) is 34.7. The van der Waals surface area contributed by atoms with E-state index in [1.54, 1.807) is 5.57 Å². The van der Waals surface area contributed by atoms with Crippen molar-refractivity contribution in [2.45, 2.75) is 128 Å². The summed E-state index contributed by atoms with van der Waals surface area (Å²) in [6, 6.07) is 1.55. The molecule has 3 aliphatic carbocycles. The standard InChI is InChI=1S/C31H51NO2/c1-3-6-24(7-4-2)11-13-27-23-32(31-18-12-26(8-5-20-33)22-30(27)31)28-14-16-29(17-15-28)34-21-19-25-9-10-25/h3,6,20,25-31H,1,4-5,7-19,21-23H2,2H3/b24-6+/t26?,27?,28?,29?,30-,31?/m1/s1. The van der Waals surface area contributed by atoms with Gasteiger partial charge in [0.2, 0.25) is 0 Å². The lowest BCUT2D eigenvalue weighted by Gasteiger charge is -2.42. The Kier molecular flexibility index (Phi) is 10.3. The molecule has 0 spiro atoms. The molecule has 1 aliphatic heterocycles. The molecule has 0 aromatic rings. The molecule has 1 heterocycles. The monoisotopic (exact) mass is 469 g/mol. The van der Waals surface area contributed by atoms with Crippen molar-refractivity contribution < 1.29 is 9.53 Å². The van der Waals surface area contributed by atoms with E-state index < -0.39 is 0 Å². The fourth-order valence-corrected chi connectivity index (χ4v) is 7.53. The summed E-state index contributed by atoms with van der Waals surface area (Å²) in [4.78, 5) is 14.0. The average Bonchev–Trinajstić information content (AvgIpc) is 3.61. The van der Waals surface area contributed by atoms with E-state index in [1.165, 1.54) is 96.4 Å². The van der Waals surface area contributed by atoms with Crippen LogP contribution in [0.2, 0.25) is 0 Å². The number of aldehydes is 1. The third-order valence-electron chi connectivity index (χ3n) is 9.59. The molecule has 4 rings (SSSR count). The van der Waals surface area contributed by atoms with Crippen LogP contribution in [0.25, 0.3) is 0 Å². The van der Waals surface area contributed by atoms with Crippen LogP contribution >= 0.6 is 0 Å². The molecule has 3 saturated carbocycles. The Bertz CT molecular complexity index is 660. The van der Waals surface area contributed by atoms with Crippen molar-refractivity contribution in [2.24, 2.45) is 23.7 Å². The molecule has 0 bridgehead atoms. The molecular weight excluding hydrogens is 418 g/mol. The first-order chi connectivity index (χ1) is 16.7. The molecule has 4 fully saturated rings. The highest BCUT2D eigenvalue weighted by molar-refractivity contribution is 5.49. The van der Waals surface area contributed by atoms with Crippen molar-refractivity contribution >= 4 is 6.29 Å². The van der Waals surface area contributed by atoms with E-state index >= 15 is 0 Å². The van der Waals surface area contributed by atoms with Crippen molar-refractivity contribution in [3.05, 3.63) is 24.3 Å². The van der Waals surface area contributed by atoms with Crippen molar-refractivity contribution in [1.29, 1.82) is 0 Å². The zero-order valence-electron chi connectivity index (χ0n) is 22.0. The van der Waals surface area contributed by atoms with Crippen LogP contribution in [0, 0.1) is 23.7 Å². The molecule has 0 aromatic heterocycles. The Labute approximate surface area is 209 Å². The number of allylic oxidation sites excluding steroid dienone is 3. The minimum Gasteiger partial charge on any atom is -0.378 e. The molecule has 4 aliphatic rings. The van der Waals surface area contributed by atoms with E-state index in [9.17, 15) is 4.79 Å². The molecule has 0 aromatic carbocycles. The predicted molar refractivity (Wildman–Crippen MR) is 142 cm³/mol. The van der Waals surface area contributed by atoms with Gasteiger partial charge in [-0.05, 0) is 101 Å². The summed E-state index contributed by atoms with van der Waals surface area (Å²) in [6.07, 6.45) is 26.2. The number of hydrogen-bond acceptors (Lipinski definition) is 3. The van der Waals surface area contributed by atoms with Gasteiger partial charge in [0.1, 0.15) is 6.29 Å². The van der Waals surface area contributed by atoms with Gasteiger partial charge in [0.15, 0.2) is 0 Å². The Morgan fingerprint density at radius 2 is 1.76 bits per heavy atom. The molecule has 4 atom stereocenters. The van der Waals surface area contributed by atoms with Crippen LogP contribution in [-0.2, 0) is 9.53 Å². The van der Waals surface area contributed by atoms with E-state index in [1.807, 2.05) is 6.08 Å². The third-order valence-corrected chi connectivity index (χ3v) is 9.59. The first kappa shape index (κ1) is 26.1. The number of fused-ring (bicyclic) bond motifs is 1. The van der Waals surface area contributed by atoms with Gasteiger partial charge in [-0.15, -0.1) is 0 Å². The van der Waals surface area contributed by atoms with Gasteiger partial charge in [-0.3, -0.25) is 4.90 Å². The third kappa shape index (κ3) is 7.29. The van der Waals surface area contributed by atoms with Crippen LogP contribution in [0.1, 0.15) is 110 Å². The fraction of sp³-hybridized carbons (Fsp3) is 0.839. The summed E-state index contributed by atoms with van der Waals surface area (Å²) < 4.78 is 6.27. The number of nitrogens with zero attached hydrogens (tertiary/aromatic N) is 1. The molecule has 0 N–H and O–H groups in total. The molecule has 0 amide bonds. The molecular formula is C31H51NO2. The van der Waals surface area contributed by atoms with Gasteiger partial charge < -0.3 is 9.53 Å². The second kappa shape index (κ2) is 13.4. The fourth-order valence-electron chi connectivity index (χ4n) is 7.53. The maximum atomic E-state index is 11.0. The van der Waals surface area contributed by atoms with Gasteiger partial charge in [-0.25, -0.2) is 0 Å². The number of hydrogen-bond donors (Lipinski definition) is 0. The molecule has 3 nitrogen and oxygen atoms in total. The summed E-state index contributed by atoms with van der Waals surface area (Å²) in [5.41, 5.74) is 1.59. The topological polar surface area (TPSA) is 29.5 Å². The highest BCUT2D eigenvalue weighted by Crippen LogP contribution is 2.47. The second-order valence-electron chi connectivity index (χ2n) is 12.0. The lowest BCUT2D eigenvalue weighted by molar-refractivity contribution is -0.108. The van der Waals surface area contributed by atoms with Gasteiger partial charge in [0.05, 0.1) is 6.10 Å². The van der Waals surface area contributed by atoms with E-state index in [2.05, 4.69) is 24.5 Å². The molecule has 3 unspecified atom stereocenters. The van der Waals surface area contributed by atoms with Gasteiger partial charge in [-0.2, -0.15) is 0 Å². The molecule has 0 radical (unpaired) electrons. The zero-order valence-corrected chi connectivity index (χ0v) is 22.0. The van der Waals surface area contributed by atoms with Crippen molar-refractivity contribution in [3.8, 4) is 0 Å². The van der Waals surface area contributed by atoms with E-state index in [-0.39, 0.29) is 0 Å². The average molecular weight is 470 g/mol. The summed E-state index contributed by atoms with van der Waals surface area (Å²) >= 11 is 0. The maximum absolute atomic E-state index is 11.0. The smallest absolute Gasteiger partial charge is 0.120 e. The Morgan fingerprint density at radius 3 is 2.47 bits per heavy atom. The largest absolute Gasteiger partial charge is 0.378 e. The summed E-state index contributed by atoms with van der Waals surface area (Å²) in [5, 5.41) is 0. The van der Waals surface area contributed by atoms with Crippen LogP contribution in [0.4, 0.5) is 0 Å². The Morgan fingerprint density at radius 1 is 0.971 bits per heavy atom. The highest BCUT2D eigenvalue weighted by Gasteiger charge is 2.47. The number of ether oxygens (including phenoxy) is 1. The van der Waals surface area contributed by atoms with Gasteiger partial charge >= 0.3 is 0 Å². The van der Waals surface area contributed by atoms with Gasteiger partial charge in [0, 0.05) is 31.7 Å². The number of rotatable bonds is 14. The summed E-state index contributed by atoms with van der Waals surface area (Å²) in [7, 11) is 0. The molecule has 192 valence electrons. The van der Waals surface area contributed by atoms with Crippen LogP contribution in [-0.4, -0.2) is 42.5 Å². The number of likely N-dealkylation sites (tertiary alicyclic amines) is 1. The summed E-state index contributed by atoms with van der Waals surface area (Å²) in [6.45, 7) is 8.54. The van der Waals surface area contributed by atoms with Crippen LogP contribution in [0.5, 0.6) is 0 Å². The van der Waals surface area contributed by atoms with Crippen molar-refractivity contribution in [1.82, 2.24) is 4.90 Å². The number of carbonyl (C=O) groups is 1. The van der Waals surface area contributed by atoms with Crippen LogP contribution in [0.15, 0.2) is 24.3 Å². The van der Waals surface area contributed by atoms with E-state index in [0.717, 1.165) is 61.5 Å². The van der Waals surface area contributed by atoms with Crippen molar-refractivity contribution in [2.75, 3.05) is 13.2 Å². The highest BCUT2D eigenvalue weighted by atomic mass is 16.5. The first-order valence-electron chi connectivity index (χ1n) is 14.8. The summed E-state index contributed by atoms with van der Waals surface area (Å²) in [5.74, 6) is 3.41. The van der Waals surface area contributed by atoms with Gasteiger partial charge in [0.25, 0.3) is 0 Å². The first-order valence-corrected chi connectivity index (χ1v) is 14.8. The lowest BCUT2D eigenvalue weighted by Crippen LogP contribution is -2.45. The van der Waals surface area contributed by atoms with E-state index in [4.69, 9.17) is 4.74 Å². The SMILES string of the molecule is C=C/C=C(\CCC)CCC1CN(C2CCC(OCCC3CC3)CC2)C2CCC(CCC=O)C[C@H]12. The quantitative estimate of drug-likeness (QED) is 0.195. The van der Waals surface area contributed by atoms with E-state index in [0.29, 0.717) is 6.10 Å². The predicted octanol–water partition coefficient (Wildman–Crippen LogP) is 7.50. The minimum atomic E-state index is 0.518. The Balaban J connectivity index is 1.33. The van der Waals surface area contributed by atoms with Crippen molar-refractivity contribution in [3.63, 3.8) is 0 Å². The number of carbonyl (C=O) groups excluding carboxylic acids is 1. The van der Waals surface area contributed by atoms with Crippen LogP contribution < -0.4 is 0 Å². The van der Waals surface area contributed by atoms with Gasteiger partial charge in [-0.1, -0.05) is 50.5 Å². The lowest BCUT2D eigenvalue weighted by atomic mass is 9.72. The zero-order chi connectivity index (χ0) is 23.8. The molecule has 3 heteroatoms. The maximum Gasteiger partial charge on any atom is 0.120 e. The molecule has 1 saturated heterocycles.